The first-order chi connectivity index (χ1) is 6.77. The minimum absolute atomic E-state index is 0.0938. The molecule has 1 aliphatic heterocycles. The summed E-state index contributed by atoms with van der Waals surface area (Å²) in [5, 5.41) is 2.70. The highest BCUT2D eigenvalue weighted by Gasteiger charge is 2.13. The van der Waals surface area contributed by atoms with Gasteiger partial charge in [-0.3, -0.25) is 4.79 Å². The lowest BCUT2D eigenvalue weighted by molar-refractivity contribution is -0.118. The molecule has 1 aromatic carbocycles. The Morgan fingerprint density at radius 3 is 2.86 bits per heavy atom. The summed E-state index contributed by atoms with van der Waals surface area (Å²) >= 11 is 0. The van der Waals surface area contributed by atoms with Gasteiger partial charge in [0.2, 0.25) is 0 Å². The van der Waals surface area contributed by atoms with E-state index in [1.165, 1.54) is 0 Å². The number of fused-ring (bicyclic) bond motifs is 1. The predicted octanol–water partition coefficient (Wildman–Crippen LogP) is 1.44. The fourth-order valence-electron chi connectivity index (χ4n) is 1.03. The number of benzene rings is 1. The third-order valence-electron chi connectivity index (χ3n) is 1.52. The molecule has 0 saturated carbocycles. The quantitative estimate of drug-likeness (QED) is 0.663. The van der Waals surface area contributed by atoms with Crippen LogP contribution < -0.4 is 10.1 Å². The molecule has 0 aliphatic carbocycles. The number of amides is 1. The van der Waals surface area contributed by atoms with E-state index in [-0.39, 0.29) is 12.5 Å². The lowest BCUT2D eigenvalue weighted by atomic mass is 10.2. The highest BCUT2D eigenvalue weighted by molar-refractivity contribution is 7.09. The van der Waals surface area contributed by atoms with Gasteiger partial charge in [-0.15, -0.1) is 0 Å². The maximum Gasteiger partial charge on any atom is 0.262 e. The van der Waals surface area contributed by atoms with Gasteiger partial charge >= 0.3 is 0 Å². The van der Waals surface area contributed by atoms with Crippen LogP contribution >= 0.6 is 9.47 Å². The van der Waals surface area contributed by atoms with Gasteiger partial charge in [-0.2, -0.15) is 0 Å². The van der Waals surface area contributed by atoms with E-state index < -0.39 is 0 Å². The third kappa shape index (κ3) is 2.98. The van der Waals surface area contributed by atoms with Crippen molar-refractivity contribution in [3.63, 3.8) is 0 Å². The fraction of sp³-hybridized carbons (Fsp3) is 0.222. The van der Waals surface area contributed by atoms with Crippen LogP contribution in [0.1, 0.15) is 0 Å². The van der Waals surface area contributed by atoms with Crippen molar-refractivity contribution in [1.29, 1.82) is 0 Å². The molecule has 2 rings (SSSR count). The predicted molar refractivity (Wildman–Crippen MR) is 57.3 cm³/mol. The molecule has 0 radical (unpaired) electrons. The number of anilines is 1. The molecule has 1 N–H and O–H groups in total. The van der Waals surface area contributed by atoms with Crippen molar-refractivity contribution in [3.05, 3.63) is 24.3 Å². The molecule has 1 atom stereocenters. The molecule has 0 aromatic heterocycles. The molecule has 1 amide bonds. The van der Waals surface area contributed by atoms with Crippen molar-refractivity contribution >= 4 is 21.1 Å². The first-order valence-corrected chi connectivity index (χ1v) is 4.49. The standard InChI is InChI=1S/C8H7NO2.CH5OP/c10-8-5-11-7-4-2-1-3-6(7)9-8;1-2-3/h1-4H,5H2,(H,9,10);3H2,1H3. The fourth-order valence-corrected chi connectivity index (χ4v) is 1.03. The van der Waals surface area contributed by atoms with Crippen molar-refractivity contribution in [3.8, 4) is 5.75 Å². The van der Waals surface area contributed by atoms with Gasteiger partial charge in [-0.1, -0.05) is 12.1 Å². The van der Waals surface area contributed by atoms with E-state index in [9.17, 15) is 4.79 Å². The summed E-state index contributed by atoms with van der Waals surface area (Å²) in [6, 6.07) is 7.37. The van der Waals surface area contributed by atoms with Crippen molar-refractivity contribution in [2.75, 3.05) is 19.0 Å². The molecule has 0 spiro atoms. The van der Waals surface area contributed by atoms with Crippen molar-refractivity contribution in [1.82, 2.24) is 0 Å². The van der Waals surface area contributed by atoms with E-state index in [0.29, 0.717) is 0 Å². The average molecular weight is 213 g/mol. The molecule has 1 heterocycles. The lowest BCUT2D eigenvalue weighted by Crippen LogP contribution is -2.25. The Kier molecular flexibility index (Phi) is 4.36. The summed E-state index contributed by atoms with van der Waals surface area (Å²) in [4.78, 5) is 10.8. The van der Waals surface area contributed by atoms with Gasteiger partial charge in [-0.25, -0.2) is 0 Å². The van der Waals surface area contributed by atoms with Crippen LogP contribution in [-0.4, -0.2) is 19.6 Å². The molecule has 76 valence electrons. The summed E-state index contributed by atoms with van der Waals surface area (Å²) in [6.07, 6.45) is 0. The Bertz CT molecular complexity index is 317. The normalized spacial score (nSPS) is 12.9. The Morgan fingerprint density at radius 1 is 1.50 bits per heavy atom. The van der Waals surface area contributed by atoms with Crippen LogP contribution in [0.2, 0.25) is 0 Å². The van der Waals surface area contributed by atoms with Gasteiger partial charge < -0.3 is 14.6 Å². The number of hydrogen-bond acceptors (Lipinski definition) is 3. The number of nitrogens with one attached hydrogen (secondary N) is 1. The van der Waals surface area contributed by atoms with Crippen molar-refractivity contribution in [2.45, 2.75) is 0 Å². The number of ether oxygens (including phenoxy) is 1. The van der Waals surface area contributed by atoms with E-state index >= 15 is 0 Å². The summed E-state index contributed by atoms with van der Waals surface area (Å²) in [7, 11) is 3.67. The Morgan fingerprint density at radius 2 is 2.14 bits per heavy atom. The van der Waals surface area contributed by atoms with Gasteiger partial charge in [0, 0.05) is 7.11 Å². The van der Waals surface area contributed by atoms with Gasteiger partial charge in [0.05, 0.1) is 5.69 Å². The van der Waals surface area contributed by atoms with Crippen molar-refractivity contribution in [2.24, 2.45) is 0 Å². The molecule has 0 bridgehead atoms. The van der Waals surface area contributed by atoms with E-state index in [1.54, 1.807) is 7.11 Å². The minimum Gasteiger partial charge on any atom is -0.482 e. The third-order valence-corrected chi connectivity index (χ3v) is 1.52. The molecule has 1 aliphatic rings. The lowest BCUT2D eigenvalue weighted by Gasteiger charge is -2.16. The van der Waals surface area contributed by atoms with Crippen LogP contribution in [0.25, 0.3) is 0 Å². The SMILES string of the molecule is COP.O=C1COc2ccccc2N1. The van der Waals surface area contributed by atoms with E-state index in [4.69, 9.17) is 4.74 Å². The summed E-state index contributed by atoms with van der Waals surface area (Å²) < 4.78 is 9.29. The first-order valence-electron chi connectivity index (χ1n) is 4.02. The Hall–Kier alpha value is -1.12. The summed E-state index contributed by atoms with van der Waals surface area (Å²) in [5.74, 6) is 0.649. The number of rotatable bonds is 0. The summed E-state index contributed by atoms with van der Waals surface area (Å²) in [6.45, 7) is 0.122. The van der Waals surface area contributed by atoms with Gasteiger partial charge in [0.25, 0.3) is 5.91 Å². The van der Waals surface area contributed by atoms with Crippen LogP contribution in [0.4, 0.5) is 5.69 Å². The molecular weight excluding hydrogens is 201 g/mol. The second kappa shape index (κ2) is 5.58. The molecule has 1 unspecified atom stereocenters. The zero-order valence-corrected chi connectivity index (χ0v) is 8.97. The second-order valence-electron chi connectivity index (χ2n) is 2.57. The van der Waals surface area contributed by atoms with Crippen LogP contribution in [0.15, 0.2) is 24.3 Å². The van der Waals surface area contributed by atoms with Crippen LogP contribution in [-0.2, 0) is 9.32 Å². The van der Waals surface area contributed by atoms with Gasteiger partial charge in [-0.05, 0) is 21.6 Å². The smallest absolute Gasteiger partial charge is 0.262 e. The van der Waals surface area contributed by atoms with E-state index in [2.05, 4.69) is 19.3 Å². The minimum atomic E-state index is -0.0938. The zero-order valence-electron chi connectivity index (χ0n) is 7.82. The highest BCUT2D eigenvalue weighted by Crippen LogP contribution is 2.25. The maximum absolute atomic E-state index is 10.8. The molecule has 1 aromatic rings. The van der Waals surface area contributed by atoms with Gasteiger partial charge in [0.1, 0.15) is 5.75 Å². The van der Waals surface area contributed by atoms with Gasteiger partial charge in [0.15, 0.2) is 6.61 Å². The molecule has 14 heavy (non-hydrogen) atoms. The summed E-state index contributed by atoms with van der Waals surface area (Å²) in [5.41, 5.74) is 0.753. The second-order valence-corrected chi connectivity index (χ2v) is 3.04. The van der Waals surface area contributed by atoms with E-state index in [0.717, 1.165) is 11.4 Å². The first kappa shape index (κ1) is 11.0. The topological polar surface area (TPSA) is 47.6 Å². The molecule has 5 heteroatoms. The molecular formula is C9H12NO3P. The van der Waals surface area contributed by atoms with Crippen LogP contribution in [0.5, 0.6) is 5.75 Å². The number of carbonyl (C=O) groups is 1. The molecule has 0 fully saturated rings. The average Bonchev–Trinajstić information content (AvgIpc) is 2.19. The highest BCUT2D eigenvalue weighted by atomic mass is 31.0. The largest absolute Gasteiger partial charge is 0.482 e. The number of para-hydroxylation sites is 2. The Balaban J connectivity index is 0.000000293. The monoisotopic (exact) mass is 213 g/mol. The number of carbonyl (C=O) groups excluding carboxylic acids is 1. The van der Waals surface area contributed by atoms with Crippen molar-refractivity contribution < 1.29 is 14.1 Å². The maximum atomic E-state index is 10.8. The van der Waals surface area contributed by atoms with Crippen LogP contribution in [0.3, 0.4) is 0 Å². The van der Waals surface area contributed by atoms with E-state index in [1.807, 2.05) is 24.3 Å². The zero-order chi connectivity index (χ0) is 10.4. The molecule has 4 nitrogen and oxygen atoms in total. The number of hydrogen-bond donors (Lipinski definition) is 1. The Labute approximate surface area is 84.9 Å². The van der Waals surface area contributed by atoms with Crippen LogP contribution in [0, 0.1) is 0 Å². The molecule has 0 saturated heterocycles.